The molecule has 3 N–H and O–H groups in total. The molecule has 0 saturated heterocycles. The van der Waals surface area contributed by atoms with Gasteiger partial charge in [0.15, 0.2) is 11.5 Å². The lowest BCUT2D eigenvalue weighted by Gasteiger charge is -2.17. The number of thiophene rings is 1. The second-order valence-electron chi connectivity index (χ2n) is 4.21. The van der Waals surface area contributed by atoms with Gasteiger partial charge in [0.1, 0.15) is 5.82 Å². The van der Waals surface area contributed by atoms with E-state index in [1.54, 1.807) is 11.3 Å². The molecule has 8 nitrogen and oxygen atoms in total. The van der Waals surface area contributed by atoms with Crippen molar-refractivity contribution in [3.8, 4) is 0 Å². The molecule has 2 rings (SSSR count). The number of nitrogens with zero attached hydrogens (tertiary/aromatic N) is 4. The summed E-state index contributed by atoms with van der Waals surface area (Å²) in [6.07, 6.45) is 0. The van der Waals surface area contributed by atoms with Gasteiger partial charge < -0.3 is 15.8 Å². The van der Waals surface area contributed by atoms with Crippen molar-refractivity contribution in [2.75, 3.05) is 11.9 Å². The van der Waals surface area contributed by atoms with Crippen LogP contribution >= 0.6 is 11.3 Å². The Morgan fingerprint density at radius 2 is 2.33 bits per heavy atom. The number of nitro groups is 1. The molecule has 2 aromatic rings. The normalized spacial score (nSPS) is 11.4. The van der Waals surface area contributed by atoms with Crippen LogP contribution in [0.4, 0.5) is 11.5 Å². The fraction of sp³-hybridized carbons (Fsp3) is 0.167. The lowest BCUT2D eigenvalue weighted by atomic mass is 10.2. The molecule has 2 heterocycles. The lowest BCUT2D eigenvalue weighted by Crippen LogP contribution is -2.21. The van der Waals surface area contributed by atoms with Crippen molar-refractivity contribution in [1.29, 1.82) is 0 Å². The van der Waals surface area contributed by atoms with E-state index in [4.69, 9.17) is 10.9 Å². The molecule has 0 radical (unpaired) electrons. The number of hydrogen-bond acceptors (Lipinski definition) is 7. The fourth-order valence-corrected chi connectivity index (χ4v) is 2.51. The second-order valence-corrected chi connectivity index (χ2v) is 5.25. The number of anilines is 1. The molecule has 0 atom stereocenters. The average Bonchev–Trinajstić information content (AvgIpc) is 2.98. The molecule has 9 heteroatoms. The van der Waals surface area contributed by atoms with E-state index in [2.05, 4.69) is 10.1 Å². The molecule has 0 fully saturated rings. The first-order valence-electron chi connectivity index (χ1n) is 5.89. The number of nitrogens with two attached hydrogens (primary N) is 1. The van der Waals surface area contributed by atoms with Crippen molar-refractivity contribution in [2.45, 2.75) is 6.54 Å². The number of amidine groups is 1. The topological polar surface area (TPSA) is 118 Å². The van der Waals surface area contributed by atoms with Gasteiger partial charge in [0.25, 0.3) is 5.69 Å². The molecule has 110 valence electrons. The molecule has 0 aliphatic heterocycles. The molecule has 0 saturated carbocycles. The summed E-state index contributed by atoms with van der Waals surface area (Å²) in [6, 6.07) is 6.75. The number of aromatic nitrogens is 1. The standard InChI is InChI=1S/C12H13N5O3S/c1-16(7-8-3-2-6-21-8)10-5-4-9(17(19)20)11(14-10)12(13)15-18/h2-6,18H,7H2,1H3,(H2,13,15). The van der Waals surface area contributed by atoms with E-state index in [-0.39, 0.29) is 11.4 Å². The Hall–Kier alpha value is -2.68. The van der Waals surface area contributed by atoms with Gasteiger partial charge in [-0.2, -0.15) is 0 Å². The van der Waals surface area contributed by atoms with E-state index in [1.807, 2.05) is 29.5 Å². The van der Waals surface area contributed by atoms with Crippen molar-refractivity contribution in [3.05, 3.63) is 50.3 Å². The van der Waals surface area contributed by atoms with Crippen LogP contribution in [-0.2, 0) is 6.54 Å². The third-order valence-corrected chi connectivity index (χ3v) is 3.63. The van der Waals surface area contributed by atoms with Crippen molar-refractivity contribution in [3.63, 3.8) is 0 Å². The highest BCUT2D eigenvalue weighted by molar-refractivity contribution is 7.09. The van der Waals surface area contributed by atoms with Crippen molar-refractivity contribution < 1.29 is 10.1 Å². The van der Waals surface area contributed by atoms with Gasteiger partial charge in [-0.05, 0) is 17.5 Å². The van der Waals surface area contributed by atoms with E-state index in [0.717, 1.165) is 4.88 Å². The first-order chi connectivity index (χ1) is 10.0. The minimum Gasteiger partial charge on any atom is -0.409 e. The van der Waals surface area contributed by atoms with Gasteiger partial charge in [0.2, 0.25) is 0 Å². The summed E-state index contributed by atoms with van der Waals surface area (Å²) in [7, 11) is 1.81. The van der Waals surface area contributed by atoms with Crippen molar-refractivity contribution >= 4 is 28.7 Å². The Bertz CT molecular complexity index is 672. The number of hydrogen-bond donors (Lipinski definition) is 2. The van der Waals surface area contributed by atoms with Gasteiger partial charge in [-0.25, -0.2) is 4.98 Å². The molecule has 0 aliphatic carbocycles. The van der Waals surface area contributed by atoms with Gasteiger partial charge in [0.05, 0.1) is 11.5 Å². The van der Waals surface area contributed by atoms with Gasteiger partial charge in [-0.3, -0.25) is 10.1 Å². The summed E-state index contributed by atoms with van der Waals surface area (Å²) in [6.45, 7) is 0.609. The Morgan fingerprint density at radius 1 is 1.57 bits per heavy atom. The van der Waals surface area contributed by atoms with Crippen LogP contribution in [0.2, 0.25) is 0 Å². The number of rotatable bonds is 5. The monoisotopic (exact) mass is 307 g/mol. The molecule has 0 spiro atoms. The minimum atomic E-state index is -0.622. The zero-order valence-electron chi connectivity index (χ0n) is 11.1. The number of oxime groups is 1. The summed E-state index contributed by atoms with van der Waals surface area (Å²) in [5.74, 6) is 0.101. The Balaban J connectivity index is 2.35. The summed E-state index contributed by atoms with van der Waals surface area (Å²) in [5.41, 5.74) is 4.99. The molecule has 0 aromatic carbocycles. The molecular formula is C12H13N5O3S. The molecular weight excluding hydrogens is 294 g/mol. The Labute approximate surface area is 124 Å². The zero-order valence-corrected chi connectivity index (χ0v) is 11.9. The first kappa shape index (κ1) is 14.7. The highest BCUT2D eigenvalue weighted by Gasteiger charge is 2.20. The second kappa shape index (κ2) is 6.18. The quantitative estimate of drug-likeness (QED) is 0.286. The molecule has 0 aliphatic rings. The van der Waals surface area contributed by atoms with Crippen LogP contribution in [0.5, 0.6) is 0 Å². The predicted octanol–water partition coefficient (Wildman–Crippen LogP) is 1.78. The van der Waals surface area contributed by atoms with E-state index in [0.29, 0.717) is 12.4 Å². The third-order valence-electron chi connectivity index (χ3n) is 2.77. The summed E-state index contributed by atoms with van der Waals surface area (Å²) in [5, 5.41) is 24.4. The van der Waals surface area contributed by atoms with Gasteiger partial charge in [-0.15, -0.1) is 11.3 Å². The van der Waals surface area contributed by atoms with E-state index in [1.165, 1.54) is 12.1 Å². The minimum absolute atomic E-state index is 0.155. The van der Waals surface area contributed by atoms with Crippen molar-refractivity contribution in [1.82, 2.24) is 4.98 Å². The van der Waals surface area contributed by atoms with Crippen LogP contribution in [0.15, 0.2) is 34.8 Å². The maximum Gasteiger partial charge on any atom is 0.298 e. The van der Waals surface area contributed by atoms with Crippen LogP contribution in [0.25, 0.3) is 0 Å². The first-order valence-corrected chi connectivity index (χ1v) is 6.77. The van der Waals surface area contributed by atoms with Crippen LogP contribution in [0.1, 0.15) is 10.6 Å². The third kappa shape index (κ3) is 3.26. The lowest BCUT2D eigenvalue weighted by molar-refractivity contribution is -0.385. The largest absolute Gasteiger partial charge is 0.409 e. The molecule has 0 unspecified atom stereocenters. The van der Waals surface area contributed by atoms with Gasteiger partial charge >= 0.3 is 0 Å². The van der Waals surface area contributed by atoms with Crippen LogP contribution in [0, 0.1) is 10.1 Å². The molecule has 0 bridgehead atoms. The highest BCUT2D eigenvalue weighted by atomic mass is 32.1. The van der Waals surface area contributed by atoms with Gasteiger partial charge in [-0.1, -0.05) is 11.2 Å². The maximum atomic E-state index is 10.9. The Kier molecular flexibility index (Phi) is 4.33. The average molecular weight is 307 g/mol. The highest BCUT2D eigenvalue weighted by Crippen LogP contribution is 2.22. The van der Waals surface area contributed by atoms with Gasteiger partial charge in [0, 0.05) is 18.0 Å². The Morgan fingerprint density at radius 3 is 2.90 bits per heavy atom. The predicted molar refractivity (Wildman–Crippen MR) is 79.8 cm³/mol. The zero-order chi connectivity index (χ0) is 15.4. The molecule has 0 amide bonds. The summed E-state index contributed by atoms with van der Waals surface area (Å²) in [4.78, 5) is 17.4. The summed E-state index contributed by atoms with van der Waals surface area (Å²) >= 11 is 1.60. The van der Waals surface area contributed by atoms with Crippen molar-refractivity contribution in [2.24, 2.45) is 10.9 Å². The SMILES string of the molecule is CN(Cc1cccs1)c1ccc([N+](=O)[O-])c(/C(N)=N/O)n1. The van der Waals surface area contributed by atoms with Crippen LogP contribution in [-0.4, -0.2) is 28.0 Å². The molecule has 2 aromatic heterocycles. The van der Waals surface area contributed by atoms with E-state index in [9.17, 15) is 10.1 Å². The number of pyridine rings is 1. The van der Waals surface area contributed by atoms with E-state index < -0.39 is 10.8 Å². The van der Waals surface area contributed by atoms with E-state index >= 15 is 0 Å². The summed E-state index contributed by atoms with van der Waals surface area (Å²) < 4.78 is 0. The fourth-order valence-electron chi connectivity index (χ4n) is 1.75. The smallest absolute Gasteiger partial charge is 0.298 e. The van der Waals surface area contributed by atoms with Crippen LogP contribution < -0.4 is 10.6 Å². The molecule has 21 heavy (non-hydrogen) atoms. The maximum absolute atomic E-state index is 10.9. The van der Waals surface area contributed by atoms with Crippen LogP contribution in [0.3, 0.4) is 0 Å².